The van der Waals surface area contributed by atoms with E-state index in [1.807, 2.05) is 12.1 Å². The molecule has 0 saturated heterocycles. The van der Waals surface area contributed by atoms with E-state index in [0.29, 0.717) is 11.6 Å². The van der Waals surface area contributed by atoms with E-state index in [2.05, 4.69) is 18.4 Å². The molecule has 100 valence electrons. The number of nitrogens with zero attached hydrogens (tertiary/aromatic N) is 1. The molecule has 1 aliphatic carbocycles. The number of rotatable bonds is 2. The van der Waals surface area contributed by atoms with Crippen LogP contribution in [0.2, 0.25) is 0 Å². The molecule has 0 bridgehead atoms. The Balaban J connectivity index is 2.33. The molecular formula is C16H19NO2. The molecule has 1 aromatic heterocycles. The van der Waals surface area contributed by atoms with Crippen molar-refractivity contribution >= 4 is 16.9 Å². The molecule has 0 saturated carbocycles. The second-order valence-electron chi connectivity index (χ2n) is 5.63. The van der Waals surface area contributed by atoms with Gasteiger partial charge in [0.1, 0.15) is 0 Å². The maximum absolute atomic E-state index is 11.1. The third-order valence-corrected chi connectivity index (χ3v) is 4.07. The second-order valence-corrected chi connectivity index (χ2v) is 5.63. The zero-order valence-electron chi connectivity index (χ0n) is 11.4. The Bertz CT molecular complexity index is 652. The van der Waals surface area contributed by atoms with E-state index in [-0.39, 0.29) is 0 Å². The van der Waals surface area contributed by atoms with Crippen molar-refractivity contribution in [1.82, 2.24) is 4.57 Å². The van der Waals surface area contributed by atoms with Crippen LogP contribution in [0.25, 0.3) is 10.9 Å². The van der Waals surface area contributed by atoms with Crippen LogP contribution in [0.1, 0.15) is 54.3 Å². The van der Waals surface area contributed by atoms with Crippen LogP contribution in [-0.4, -0.2) is 15.6 Å². The Morgan fingerprint density at radius 1 is 1.26 bits per heavy atom. The molecule has 3 heteroatoms. The van der Waals surface area contributed by atoms with Gasteiger partial charge in [0.05, 0.1) is 5.56 Å². The highest BCUT2D eigenvalue weighted by Gasteiger charge is 2.21. The van der Waals surface area contributed by atoms with Gasteiger partial charge in [-0.3, -0.25) is 0 Å². The monoisotopic (exact) mass is 257 g/mol. The largest absolute Gasteiger partial charge is 0.478 e. The van der Waals surface area contributed by atoms with E-state index in [4.69, 9.17) is 5.11 Å². The van der Waals surface area contributed by atoms with E-state index in [0.717, 1.165) is 18.2 Å². The molecule has 3 rings (SSSR count). The zero-order valence-corrected chi connectivity index (χ0v) is 11.4. The van der Waals surface area contributed by atoms with Gasteiger partial charge in [0.15, 0.2) is 0 Å². The summed E-state index contributed by atoms with van der Waals surface area (Å²) in [4.78, 5) is 11.1. The van der Waals surface area contributed by atoms with Crippen LogP contribution < -0.4 is 0 Å². The third kappa shape index (κ3) is 1.84. The summed E-state index contributed by atoms with van der Waals surface area (Å²) in [5.74, 6) is -0.844. The van der Waals surface area contributed by atoms with E-state index < -0.39 is 5.97 Å². The predicted molar refractivity (Wildman–Crippen MR) is 75.9 cm³/mol. The van der Waals surface area contributed by atoms with E-state index in [1.54, 1.807) is 6.07 Å². The van der Waals surface area contributed by atoms with Crippen LogP contribution in [0.4, 0.5) is 0 Å². The van der Waals surface area contributed by atoms with Crippen molar-refractivity contribution in [3.05, 3.63) is 35.0 Å². The summed E-state index contributed by atoms with van der Waals surface area (Å²) in [5.41, 5.74) is 4.37. The number of aryl methyl sites for hydroxylation is 1. The molecule has 0 spiro atoms. The Hall–Kier alpha value is -1.77. The number of aromatic nitrogens is 1. The van der Waals surface area contributed by atoms with Crippen molar-refractivity contribution in [3.8, 4) is 0 Å². The summed E-state index contributed by atoms with van der Waals surface area (Å²) in [6.45, 7) is 4.39. The Morgan fingerprint density at radius 3 is 2.68 bits per heavy atom. The van der Waals surface area contributed by atoms with Crippen molar-refractivity contribution in [2.45, 2.75) is 45.6 Å². The van der Waals surface area contributed by atoms with Crippen molar-refractivity contribution in [2.24, 2.45) is 0 Å². The van der Waals surface area contributed by atoms with Crippen LogP contribution in [0.3, 0.4) is 0 Å². The van der Waals surface area contributed by atoms with Gasteiger partial charge < -0.3 is 9.67 Å². The van der Waals surface area contributed by atoms with Gasteiger partial charge in [0.2, 0.25) is 0 Å². The fourth-order valence-corrected chi connectivity index (χ4v) is 3.30. The lowest BCUT2D eigenvalue weighted by atomic mass is 9.95. The fourth-order valence-electron chi connectivity index (χ4n) is 3.30. The molecule has 1 N–H and O–H groups in total. The molecule has 0 atom stereocenters. The minimum atomic E-state index is -0.844. The number of aromatic carboxylic acids is 1. The van der Waals surface area contributed by atoms with Crippen molar-refractivity contribution in [2.75, 3.05) is 0 Å². The summed E-state index contributed by atoms with van der Waals surface area (Å²) in [6.07, 6.45) is 4.64. The number of benzene rings is 1. The molecule has 3 nitrogen and oxygen atoms in total. The smallest absolute Gasteiger partial charge is 0.335 e. The fraction of sp³-hybridized carbons (Fsp3) is 0.438. The van der Waals surface area contributed by atoms with Gasteiger partial charge >= 0.3 is 5.97 Å². The van der Waals surface area contributed by atoms with Gasteiger partial charge in [-0.1, -0.05) is 0 Å². The highest BCUT2D eigenvalue weighted by Crippen LogP contribution is 2.34. The maximum Gasteiger partial charge on any atom is 0.335 e. The van der Waals surface area contributed by atoms with E-state index in [9.17, 15) is 4.79 Å². The van der Waals surface area contributed by atoms with E-state index >= 15 is 0 Å². The first kappa shape index (κ1) is 12.3. The molecule has 1 aliphatic rings. The molecule has 2 aromatic rings. The van der Waals surface area contributed by atoms with Gasteiger partial charge in [-0.05, 0) is 63.3 Å². The quantitative estimate of drug-likeness (QED) is 0.889. The standard InChI is InChI=1S/C16H19NO2/c1-10(2)17-14-6-4-3-5-12(14)13-9-11(16(18)19)7-8-15(13)17/h7-10H,3-6H2,1-2H3,(H,18,19). The number of fused-ring (bicyclic) bond motifs is 3. The highest BCUT2D eigenvalue weighted by atomic mass is 16.4. The number of carbonyl (C=O) groups is 1. The average Bonchev–Trinajstić information content (AvgIpc) is 2.72. The van der Waals surface area contributed by atoms with Gasteiger partial charge in [0, 0.05) is 22.6 Å². The molecule has 0 aliphatic heterocycles. The second kappa shape index (κ2) is 4.41. The Labute approximate surface area is 112 Å². The minimum Gasteiger partial charge on any atom is -0.478 e. The number of hydrogen-bond donors (Lipinski definition) is 1. The number of hydrogen-bond acceptors (Lipinski definition) is 1. The summed E-state index contributed by atoms with van der Waals surface area (Å²) in [6, 6.07) is 5.95. The van der Waals surface area contributed by atoms with Gasteiger partial charge in [0.25, 0.3) is 0 Å². The molecule has 19 heavy (non-hydrogen) atoms. The maximum atomic E-state index is 11.1. The summed E-state index contributed by atoms with van der Waals surface area (Å²) < 4.78 is 2.38. The summed E-state index contributed by atoms with van der Waals surface area (Å²) in [7, 11) is 0. The van der Waals surface area contributed by atoms with Crippen molar-refractivity contribution in [3.63, 3.8) is 0 Å². The summed E-state index contributed by atoms with van der Waals surface area (Å²) in [5, 5.41) is 10.3. The normalized spacial score (nSPS) is 14.9. The first-order valence-electron chi connectivity index (χ1n) is 6.98. The molecule has 0 radical (unpaired) electrons. The van der Waals surface area contributed by atoms with Crippen molar-refractivity contribution < 1.29 is 9.90 Å². The molecular weight excluding hydrogens is 238 g/mol. The van der Waals surface area contributed by atoms with Crippen LogP contribution in [-0.2, 0) is 12.8 Å². The molecule has 1 heterocycles. The lowest BCUT2D eigenvalue weighted by molar-refractivity contribution is 0.0697. The van der Waals surface area contributed by atoms with Gasteiger partial charge in [-0.2, -0.15) is 0 Å². The Kier molecular flexibility index (Phi) is 2.85. The lowest BCUT2D eigenvalue weighted by Gasteiger charge is -2.18. The number of carboxylic acids is 1. The van der Waals surface area contributed by atoms with Crippen LogP contribution in [0.15, 0.2) is 18.2 Å². The topological polar surface area (TPSA) is 42.2 Å². The highest BCUT2D eigenvalue weighted by molar-refractivity contribution is 5.95. The first-order valence-corrected chi connectivity index (χ1v) is 6.98. The Morgan fingerprint density at radius 2 is 2.00 bits per heavy atom. The third-order valence-electron chi connectivity index (χ3n) is 4.07. The predicted octanol–water partition coefficient (Wildman–Crippen LogP) is 3.80. The lowest BCUT2D eigenvalue weighted by Crippen LogP contribution is -2.09. The van der Waals surface area contributed by atoms with Crippen LogP contribution in [0.5, 0.6) is 0 Å². The SMILES string of the molecule is CC(C)n1c2c(c3cc(C(=O)O)ccc31)CCCC2. The van der Waals surface area contributed by atoms with Crippen LogP contribution in [0, 0.1) is 0 Å². The molecule has 0 fully saturated rings. The van der Waals surface area contributed by atoms with Crippen LogP contribution >= 0.6 is 0 Å². The molecule has 0 unspecified atom stereocenters. The van der Waals surface area contributed by atoms with E-state index in [1.165, 1.54) is 29.6 Å². The summed E-state index contributed by atoms with van der Waals surface area (Å²) >= 11 is 0. The molecule has 0 amide bonds. The first-order chi connectivity index (χ1) is 9.09. The average molecular weight is 257 g/mol. The zero-order chi connectivity index (χ0) is 13.6. The van der Waals surface area contributed by atoms with Gasteiger partial charge in [-0.25, -0.2) is 4.79 Å². The molecule has 1 aromatic carbocycles. The van der Waals surface area contributed by atoms with Crippen molar-refractivity contribution in [1.29, 1.82) is 0 Å². The number of carboxylic acid groups (broad SMARTS) is 1. The van der Waals surface area contributed by atoms with Gasteiger partial charge in [-0.15, -0.1) is 0 Å². The minimum absolute atomic E-state index is 0.391.